The van der Waals surface area contributed by atoms with Crippen LogP contribution in [0, 0.1) is 0 Å². The topological polar surface area (TPSA) is 63.6 Å². The highest BCUT2D eigenvalue weighted by molar-refractivity contribution is 7.58. The third-order valence-corrected chi connectivity index (χ3v) is 1.78. The first-order chi connectivity index (χ1) is 5.70. The van der Waals surface area contributed by atoms with Gasteiger partial charge in [0.15, 0.2) is 5.75 Å². The maximum atomic E-state index is 10.6. The average Bonchev–Trinajstić information content (AvgIpc) is 2.06. The summed E-state index contributed by atoms with van der Waals surface area (Å²) in [5.74, 6) is 0.293. The molecule has 0 aliphatic heterocycles. The molecule has 62 valence electrons. The molecule has 12 heavy (non-hydrogen) atoms. The Bertz CT molecular complexity index is 296. The van der Waals surface area contributed by atoms with Gasteiger partial charge in [0.05, 0.1) is 0 Å². The second kappa shape index (κ2) is 3.83. The zero-order chi connectivity index (χ0) is 8.97. The number of para-hydroxylation sites is 1. The van der Waals surface area contributed by atoms with Crippen LogP contribution in [0.4, 0.5) is 4.79 Å². The highest BCUT2D eigenvalue weighted by Crippen LogP contribution is 2.26. The van der Waals surface area contributed by atoms with Gasteiger partial charge >= 0.3 is 13.7 Å². The molecule has 1 N–H and O–H groups in total. The summed E-state index contributed by atoms with van der Waals surface area (Å²) in [5, 5.41) is 8.23. The summed E-state index contributed by atoms with van der Waals surface area (Å²) in [6.07, 6.45) is 0. The lowest BCUT2D eigenvalue weighted by molar-refractivity contribution is 0.217. The fourth-order valence-corrected chi connectivity index (χ4v) is 1.01. The van der Waals surface area contributed by atoms with Gasteiger partial charge in [-0.25, -0.2) is 4.52 Å². The lowest BCUT2D eigenvalue weighted by Gasteiger charge is -1.87. The average molecular weight is 185 g/mol. The number of hydrogen-bond donors (Lipinski definition) is 1. The molecular weight excluding hydrogens is 179 g/mol. The molecule has 0 saturated carbocycles. The largest absolute Gasteiger partial charge is 0.684 e. The Hall–Kier alpha value is -1.41. The second-order valence-electron chi connectivity index (χ2n) is 1.94. The zero-order valence-electron chi connectivity index (χ0n) is 6.01. The van der Waals surface area contributed by atoms with Crippen LogP contribution in [0.25, 0.3) is 0 Å². The highest BCUT2D eigenvalue weighted by Gasteiger charge is 2.31. The number of benzene rings is 1. The van der Waals surface area contributed by atoms with Crippen LogP contribution in [0.15, 0.2) is 30.3 Å². The first kappa shape index (κ1) is 8.68. The Labute approximate surface area is 69.7 Å². The summed E-state index contributed by atoms with van der Waals surface area (Å²) in [4.78, 5) is 10.1. The van der Waals surface area contributed by atoms with E-state index in [-0.39, 0.29) is 0 Å². The number of hydrogen-bond acceptors (Lipinski definition) is 3. The minimum atomic E-state index is -2.65. The molecule has 0 aromatic heterocycles. The van der Waals surface area contributed by atoms with Crippen LogP contribution in [0.2, 0.25) is 0 Å². The molecule has 0 amide bonds. The van der Waals surface area contributed by atoms with Crippen LogP contribution in [-0.2, 0) is 4.57 Å². The minimum Gasteiger partial charge on any atom is -0.440 e. The smallest absolute Gasteiger partial charge is 0.440 e. The maximum Gasteiger partial charge on any atom is 0.684 e. The molecule has 0 aliphatic carbocycles. The molecule has 0 bridgehead atoms. The Morgan fingerprint density at radius 1 is 1.33 bits per heavy atom. The Morgan fingerprint density at radius 2 is 1.92 bits per heavy atom. The predicted molar refractivity (Wildman–Crippen MR) is 42.7 cm³/mol. The van der Waals surface area contributed by atoms with Crippen molar-refractivity contribution >= 4 is 13.7 Å². The molecule has 1 atom stereocenters. The van der Waals surface area contributed by atoms with Crippen molar-refractivity contribution in [1.82, 2.24) is 0 Å². The molecule has 0 aliphatic rings. The van der Waals surface area contributed by atoms with Crippen molar-refractivity contribution in [1.29, 1.82) is 0 Å². The Morgan fingerprint density at radius 3 is 2.42 bits per heavy atom. The normalized spacial score (nSPS) is 10.5. The van der Waals surface area contributed by atoms with Gasteiger partial charge in [-0.1, -0.05) is 18.2 Å². The van der Waals surface area contributed by atoms with E-state index in [0.717, 1.165) is 0 Å². The Kier molecular flexibility index (Phi) is 2.77. The Balaban J connectivity index is 2.65. The van der Waals surface area contributed by atoms with E-state index in [1.54, 1.807) is 18.2 Å². The minimum absolute atomic E-state index is 0.293. The fraction of sp³-hybridized carbons (Fsp3) is 0. The van der Waals surface area contributed by atoms with Gasteiger partial charge < -0.3 is 5.11 Å². The first-order valence-corrected chi connectivity index (χ1v) is 4.31. The van der Waals surface area contributed by atoms with E-state index < -0.39 is 13.7 Å². The van der Waals surface area contributed by atoms with Gasteiger partial charge in [0.2, 0.25) is 0 Å². The second-order valence-corrected chi connectivity index (χ2v) is 3.02. The third-order valence-electron chi connectivity index (χ3n) is 1.09. The van der Waals surface area contributed by atoms with Crippen molar-refractivity contribution in [2.75, 3.05) is 0 Å². The lowest BCUT2D eigenvalue weighted by Crippen LogP contribution is -1.89. The summed E-state index contributed by atoms with van der Waals surface area (Å²) < 4.78 is 15.2. The van der Waals surface area contributed by atoms with Crippen molar-refractivity contribution in [2.24, 2.45) is 0 Å². The summed E-state index contributed by atoms with van der Waals surface area (Å²) in [6, 6.07) is 8.16. The SMILES string of the molecule is O=C(O)[P+](=O)Oc1ccccc1. The standard InChI is InChI=1S/C7H5O4P/c8-7(9)12(10)11-6-4-2-1-3-5-6/h1-5H/p+1. The monoisotopic (exact) mass is 185 g/mol. The van der Waals surface area contributed by atoms with Crippen molar-refractivity contribution in [3.05, 3.63) is 30.3 Å². The van der Waals surface area contributed by atoms with Crippen LogP contribution >= 0.6 is 8.03 Å². The van der Waals surface area contributed by atoms with Crippen molar-refractivity contribution < 1.29 is 19.0 Å². The van der Waals surface area contributed by atoms with Gasteiger partial charge in [0.1, 0.15) is 0 Å². The first-order valence-electron chi connectivity index (χ1n) is 3.13. The van der Waals surface area contributed by atoms with Crippen LogP contribution < -0.4 is 4.52 Å². The molecular formula is C7H6O4P+. The van der Waals surface area contributed by atoms with Gasteiger partial charge in [0.25, 0.3) is 0 Å². The van der Waals surface area contributed by atoms with Crippen LogP contribution in [0.3, 0.4) is 0 Å². The van der Waals surface area contributed by atoms with Gasteiger partial charge in [-0.3, -0.25) is 0 Å². The van der Waals surface area contributed by atoms with E-state index in [1.165, 1.54) is 12.1 Å². The van der Waals surface area contributed by atoms with Crippen molar-refractivity contribution in [2.45, 2.75) is 0 Å². The van der Waals surface area contributed by atoms with E-state index in [4.69, 9.17) is 5.11 Å². The third kappa shape index (κ3) is 2.32. The van der Waals surface area contributed by atoms with Gasteiger partial charge in [-0.15, -0.1) is 0 Å². The van der Waals surface area contributed by atoms with Crippen molar-refractivity contribution in [3.8, 4) is 5.75 Å². The fourth-order valence-electron chi connectivity index (χ4n) is 0.616. The molecule has 4 nitrogen and oxygen atoms in total. The van der Waals surface area contributed by atoms with E-state index in [2.05, 4.69) is 4.52 Å². The lowest BCUT2D eigenvalue weighted by atomic mass is 10.3. The molecule has 5 heteroatoms. The number of carbonyl (C=O) groups is 1. The van der Waals surface area contributed by atoms with E-state index in [1.807, 2.05) is 0 Å². The predicted octanol–water partition coefficient (Wildman–Crippen LogP) is 2.49. The molecule has 1 aromatic rings. The van der Waals surface area contributed by atoms with Gasteiger partial charge in [-0.05, 0) is 16.7 Å². The molecule has 1 aromatic carbocycles. The maximum absolute atomic E-state index is 10.6. The molecule has 0 heterocycles. The molecule has 1 unspecified atom stereocenters. The molecule has 1 rings (SSSR count). The summed E-state index contributed by atoms with van der Waals surface area (Å²) in [7, 11) is -2.65. The van der Waals surface area contributed by atoms with Crippen LogP contribution in [0.1, 0.15) is 0 Å². The summed E-state index contributed by atoms with van der Waals surface area (Å²) in [5.41, 5.74) is -1.45. The van der Waals surface area contributed by atoms with E-state index in [0.29, 0.717) is 5.75 Å². The van der Waals surface area contributed by atoms with Crippen LogP contribution in [0.5, 0.6) is 5.75 Å². The molecule has 0 fully saturated rings. The number of rotatable bonds is 3. The molecule has 0 spiro atoms. The number of carboxylic acid groups (broad SMARTS) is 1. The van der Waals surface area contributed by atoms with E-state index >= 15 is 0 Å². The summed E-state index contributed by atoms with van der Waals surface area (Å²) >= 11 is 0. The quantitative estimate of drug-likeness (QED) is 0.734. The highest BCUT2D eigenvalue weighted by atomic mass is 31.1. The molecule has 0 saturated heterocycles. The zero-order valence-corrected chi connectivity index (χ0v) is 6.90. The van der Waals surface area contributed by atoms with Crippen molar-refractivity contribution in [3.63, 3.8) is 0 Å². The van der Waals surface area contributed by atoms with Gasteiger partial charge in [-0.2, -0.15) is 4.79 Å². The van der Waals surface area contributed by atoms with Gasteiger partial charge in [0, 0.05) is 0 Å². The van der Waals surface area contributed by atoms with Crippen LogP contribution in [-0.4, -0.2) is 10.8 Å². The summed E-state index contributed by atoms with van der Waals surface area (Å²) in [6.45, 7) is 0. The molecule has 0 radical (unpaired) electrons. The van der Waals surface area contributed by atoms with E-state index in [9.17, 15) is 9.36 Å².